The number of fused-ring (bicyclic) bond motifs is 1. The summed E-state index contributed by atoms with van der Waals surface area (Å²) in [7, 11) is 1.64. The number of hydroxylamine groups is 1. The Kier molecular flexibility index (Phi) is 2.63. The van der Waals surface area contributed by atoms with Gasteiger partial charge in [-0.3, -0.25) is 9.63 Å². The minimum Gasteiger partial charge on any atom is -0.622 e. The van der Waals surface area contributed by atoms with Gasteiger partial charge in [0.2, 0.25) is 0 Å². The molecule has 0 saturated carbocycles. The lowest BCUT2D eigenvalue weighted by Crippen LogP contribution is -2.31. The third-order valence-electron chi connectivity index (χ3n) is 3.08. The Bertz CT molecular complexity index is 676. The average Bonchev–Trinajstić information content (AvgIpc) is 2.87. The van der Waals surface area contributed by atoms with Gasteiger partial charge in [0.15, 0.2) is 0 Å². The van der Waals surface area contributed by atoms with Gasteiger partial charge in [0.05, 0.1) is 7.05 Å². The maximum absolute atomic E-state index is 12.8. The van der Waals surface area contributed by atoms with Crippen LogP contribution in [0.3, 0.4) is 0 Å². The highest BCUT2D eigenvalue weighted by molar-refractivity contribution is 7.17. The summed E-state index contributed by atoms with van der Waals surface area (Å²) in [6.45, 7) is 0. The van der Waals surface area contributed by atoms with Gasteiger partial charge < -0.3 is 5.21 Å². The second-order valence-electron chi connectivity index (χ2n) is 4.27. The van der Waals surface area contributed by atoms with E-state index in [1.165, 1.54) is 4.70 Å². The molecule has 0 amide bonds. The Morgan fingerprint density at radius 1 is 1.06 bits per heavy atom. The minimum absolute atomic E-state index is 0.520. The normalized spacial score (nSPS) is 14.6. The first-order valence-corrected chi connectivity index (χ1v) is 6.52. The first-order chi connectivity index (χ1) is 8.68. The van der Waals surface area contributed by atoms with E-state index >= 15 is 0 Å². The molecule has 3 aromatic rings. The van der Waals surface area contributed by atoms with E-state index in [1.807, 2.05) is 29.6 Å². The van der Waals surface area contributed by atoms with E-state index in [4.69, 9.17) is 0 Å². The molecule has 2 heterocycles. The van der Waals surface area contributed by atoms with E-state index in [0.717, 1.165) is 11.1 Å². The van der Waals surface area contributed by atoms with Crippen molar-refractivity contribution >= 4 is 32.8 Å². The van der Waals surface area contributed by atoms with Crippen LogP contribution in [-0.4, -0.2) is 12.0 Å². The van der Waals surface area contributed by atoms with Gasteiger partial charge in [-0.2, -0.15) is 0 Å². The summed E-state index contributed by atoms with van der Waals surface area (Å²) in [6.07, 6.45) is 3.29. The Morgan fingerprint density at radius 3 is 2.61 bits per heavy atom. The lowest BCUT2D eigenvalue weighted by molar-refractivity contribution is 0.616. The Labute approximate surface area is 109 Å². The van der Waals surface area contributed by atoms with Crippen LogP contribution in [0.1, 0.15) is 0 Å². The monoisotopic (exact) mass is 256 g/mol. The van der Waals surface area contributed by atoms with Crippen molar-refractivity contribution in [2.75, 3.05) is 7.05 Å². The predicted octanol–water partition coefficient (Wildman–Crippen LogP) is 4.06. The quantitative estimate of drug-likeness (QED) is 0.512. The zero-order chi connectivity index (χ0) is 12.6. The van der Waals surface area contributed by atoms with Gasteiger partial charge in [-0.25, -0.2) is 0 Å². The van der Waals surface area contributed by atoms with E-state index in [1.54, 1.807) is 42.9 Å². The molecule has 4 heteroatoms. The molecular weight excluding hydrogens is 244 g/mol. The maximum atomic E-state index is 12.8. The highest BCUT2D eigenvalue weighted by Gasteiger charge is 2.18. The van der Waals surface area contributed by atoms with Crippen LogP contribution in [0.25, 0.3) is 10.1 Å². The van der Waals surface area contributed by atoms with Crippen LogP contribution in [0.4, 0.5) is 11.4 Å². The summed E-state index contributed by atoms with van der Waals surface area (Å²) in [5.74, 6) is 0. The highest BCUT2D eigenvalue weighted by Crippen LogP contribution is 2.34. The van der Waals surface area contributed by atoms with Crippen molar-refractivity contribution in [3.05, 3.63) is 59.4 Å². The summed E-state index contributed by atoms with van der Waals surface area (Å²) in [5, 5.41) is 15.9. The summed E-state index contributed by atoms with van der Waals surface area (Å²) >= 11 is 1.68. The molecule has 18 heavy (non-hydrogen) atoms. The third kappa shape index (κ3) is 1.80. The van der Waals surface area contributed by atoms with Crippen molar-refractivity contribution in [1.82, 2.24) is 9.63 Å². The van der Waals surface area contributed by atoms with Crippen molar-refractivity contribution in [1.29, 1.82) is 0 Å². The predicted molar refractivity (Wildman–Crippen MR) is 76.8 cm³/mol. The van der Waals surface area contributed by atoms with Crippen molar-refractivity contribution in [3.63, 3.8) is 0 Å². The Balaban J connectivity index is 2.12. The molecule has 1 atom stereocenters. The molecule has 3 nitrogen and oxygen atoms in total. The highest BCUT2D eigenvalue weighted by atomic mass is 32.1. The fourth-order valence-electron chi connectivity index (χ4n) is 2.00. The minimum atomic E-state index is -0.520. The zero-order valence-electron chi connectivity index (χ0n) is 9.91. The molecule has 0 saturated heterocycles. The van der Waals surface area contributed by atoms with Crippen molar-refractivity contribution < 1.29 is 0 Å². The topological polar surface area (TPSA) is 36.0 Å². The fraction of sp³-hybridized carbons (Fsp3) is 0.0714. The lowest BCUT2D eigenvalue weighted by atomic mass is 10.2. The SMILES string of the molecule is C[N+]([O-])(c1ccncc1)c1ccc2sccc2c1. The molecule has 2 aromatic heterocycles. The Hall–Kier alpha value is -1.75. The molecule has 0 aliphatic rings. The van der Waals surface area contributed by atoms with Crippen LogP contribution < -0.4 is 4.65 Å². The molecule has 0 fully saturated rings. The number of thiophene rings is 1. The summed E-state index contributed by atoms with van der Waals surface area (Å²) in [6, 6.07) is 11.4. The van der Waals surface area contributed by atoms with Gasteiger partial charge in [0, 0.05) is 41.4 Å². The van der Waals surface area contributed by atoms with Crippen molar-refractivity contribution in [2.45, 2.75) is 0 Å². The zero-order valence-corrected chi connectivity index (χ0v) is 10.7. The van der Waals surface area contributed by atoms with Crippen molar-refractivity contribution in [2.24, 2.45) is 0 Å². The van der Waals surface area contributed by atoms with Gasteiger partial charge in [-0.1, -0.05) is 0 Å². The number of hydrogen-bond acceptors (Lipinski definition) is 3. The lowest BCUT2D eigenvalue weighted by Gasteiger charge is -2.37. The first-order valence-electron chi connectivity index (χ1n) is 5.64. The maximum Gasteiger partial charge on any atom is 0.140 e. The first kappa shape index (κ1) is 11.3. The summed E-state index contributed by atoms with van der Waals surface area (Å²) in [4.78, 5) is 3.95. The van der Waals surface area contributed by atoms with Gasteiger partial charge in [-0.15, -0.1) is 11.3 Å². The molecule has 0 N–H and O–H groups in total. The van der Waals surface area contributed by atoms with Gasteiger partial charge >= 0.3 is 0 Å². The number of rotatable bonds is 2. The Morgan fingerprint density at radius 2 is 1.83 bits per heavy atom. The number of hydrogen-bond donors (Lipinski definition) is 0. The summed E-state index contributed by atoms with van der Waals surface area (Å²) < 4.78 is 0.683. The molecule has 0 aliphatic carbocycles. The number of quaternary nitrogens is 1. The van der Waals surface area contributed by atoms with Gasteiger partial charge in [-0.05, 0) is 22.9 Å². The molecule has 1 aromatic carbocycles. The van der Waals surface area contributed by atoms with Gasteiger partial charge in [0.1, 0.15) is 11.4 Å². The van der Waals surface area contributed by atoms with Crippen LogP contribution in [0.5, 0.6) is 0 Å². The number of benzene rings is 1. The average molecular weight is 256 g/mol. The molecule has 0 bridgehead atoms. The molecule has 3 rings (SSSR count). The van der Waals surface area contributed by atoms with Crippen LogP contribution >= 0.6 is 11.3 Å². The van der Waals surface area contributed by atoms with Crippen molar-refractivity contribution in [3.8, 4) is 0 Å². The van der Waals surface area contributed by atoms with E-state index in [9.17, 15) is 5.21 Å². The molecule has 0 radical (unpaired) electrons. The van der Waals surface area contributed by atoms with Crippen LogP contribution in [0, 0.1) is 5.21 Å². The molecular formula is C14H12N2OS. The second-order valence-corrected chi connectivity index (χ2v) is 5.22. The number of aromatic nitrogens is 1. The van der Waals surface area contributed by atoms with Gasteiger partial charge in [0.25, 0.3) is 0 Å². The summed E-state index contributed by atoms with van der Waals surface area (Å²) in [5.41, 5.74) is 1.41. The van der Waals surface area contributed by atoms with Crippen LogP contribution in [0.15, 0.2) is 54.2 Å². The largest absolute Gasteiger partial charge is 0.622 e. The van der Waals surface area contributed by atoms with E-state index < -0.39 is 4.65 Å². The van der Waals surface area contributed by atoms with Crippen LogP contribution in [0.2, 0.25) is 0 Å². The third-order valence-corrected chi connectivity index (χ3v) is 3.98. The number of pyridine rings is 1. The molecule has 1 unspecified atom stereocenters. The smallest absolute Gasteiger partial charge is 0.140 e. The molecule has 0 spiro atoms. The van der Waals surface area contributed by atoms with Crippen LogP contribution in [-0.2, 0) is 0 Å². The van der Waals surface area contributed by atoms with E-state index in [2.05, 4.69) is 4.98 Å². The number of nitrogens with zero attached hydrogens (tertiary/aromatic N) is 2. The molecule has 0 aliphatic heterocycles. The van der Waals surface area contributed by atoms with E-state index in [0.29, 0.717) is 5.69 Å². The standard InChI is InChI=1S/C14H12N2OS/c1-16(17,12-4-7-15-8-5-12)13-2-3-14-11(10-13)6-9-18-14/h2-10H,1H3. The fourth-order valence-corrected chi connectivity index (χ4v) is 2.77. The second kappa shape index (κ2) is 4.17. The van der Waals surface area contributed by atoms with E-state index in [-0.39, 0.29) is 0 Å². The molecule has 90 valence electrons.